The Hall–Kier alpha value is -2.14. The minimum absolute atomic E-state index is 0.461. The zero-order valence-corrected chi connectivity index (χ0v) is 14.5. The molecule has 128 valence electrons. The molecular weight excluding hydrogens is 300 g/mol. The molecule has 0 radical (unpaired) electrons. The fraction of sp³-hybridized carbons (Fsp3) is 0.474. The van der Waals surface area contributed by atoms with E-state index >= 15 is 0 Å². The number of aryl methyl sites for hydroxylation is 1. The number of anilines is 1. The van der Waals surface area contributed by atoms with E-state index in [1.54, 1.807) is 6.33 Å². The first-order valence-corrected chi connectivity index (χ1v) is 8.72. The number of nitrogens with zero attached hydrogens (tertiary/aromatic N) is 3. The van der Waals surface area contributed by atoms with Gasteiger partial charge in [0.05, 0.1) is 6.61 Å². The first-order chi connectivity index (χ1) is 11.7. The summed E-state index contributed by atoms with van der Waals surface area (Å²) in [7, 11) is 0. The Morgan fingerprint density at radius 2 is 2.04 bits per heavy atom. The minimum atomic E-state index is 0.461. The molecule has 0 unspecified atom stereocenters. The van der Waals surface area contributed by atoms with Crippen LogP contribution in [-0.4, -0.2) is 40.6 Å². The van der Waals surface area contributed by atoms with Crippen LogP contribution in [0.25, 0.3) is 0 Å². The number of ether oxygens (including phenoxy) is 1. The topological polar surface area (TPSA) is 50.3 Å². The maximum Gasteiger partial charge on any atom is 0.218 e. The highest BCUT2D eigenvalue weighted by Crippen LogP contribution is 2.19. The summed E-state index contributed by atoms with van der Waals surface area (Å²) < 4.78 is 5.43. The molecule has 1 N–H and O–H groups in total. The first-order valence-electron chi connectivity index (χ1n) is 8.72. The smallest absolute Gasteiger partial charge is 0.218 e. The van der Waals surface area contributed by atoms with Crippen LogP contribution in [-0.2, 0) is 6.54 Å². The lowest BCUT2D eigenvalue weighted by molar-refractivity contribution is 0.211. The zero-order valence-electron chi connectivity index (χ0n) is 14.5. The molecule has 0 amide bonds. The number of likely N-dealkylation sites (tertiary alicyclic amines) is 1. The van der Waals surface area contributed by atoms with Gasteiger partial charge in [-0.2, -0.15) is 0 Å². The average Bonchev–Trinajstić information content (AvgIpc) is 2.57. The molecular formula is C19H26N4O. The predicted molar refractivity (Wildman–Crippen MR) is 96.3 cm³/mol. The van der Waals surface area contributed by atoms with Gasteiger partial charge in [-0.1, -0.05) is 29.8 Å². The second-order valence-corrected chi connectivity index (χ2v) is 6.36. The Morgan fingerprint density at radius 1 is 1.21 bits per heavy atom. The van der Waals surface area contributed by atoms with Gasteiger partial charge in [-0.25, -0.2) is 9.97 Å². The molecule has 1 saturated heterocycles. The molecule has 1 aliphatic heterocycles. The van der Waals surface area contributed by atoms with E-state index in [1.165, 1.54) is 11.1 Å². The molecule has 1 aliphatic rings. The third-order valence-electron chi connectivity index (χ3n) is 4.36. The van der Waals surface area contributed by atoms with E-state index in [2.05, 4.69) is 51.4 Å². The van der Waals surface area contributed by atoms with Gasteiger partial charge in [0, 0.05) is 31.7 Å². The van der Waals surface area contributed by atoms with Crippen molar-refractivity contribution >= 4 is 5.82 Å². The van der Waals surface area contributed by atoms with Crippen LogP contribution < -0.4 is 10.1 Å². The van der Waals surface area contributed by atoms with Gasteiger partial charge >= 0.3 is 0 Å². The summed E-state index contributed by atoms with van der Waals surface area (Å²) in [5.74, 6) is 1.48. The van der Waals surface area contributed by atoms with Gasteiger partial charge in [0.15, 0.2) is 0 Å². The van der Waals surface area contributed by atoms with Crippen molar-refractivity contribution in [2.24, 2.45) is 0 Å². The standard InChI is InChI=1S/C19H26N4O/c1-3-24-19-12-18(20-14-21-19)22-17-7-9-23(10-8-17)13-16-6-4-5-15(2)11-16/h4-6,11-12,14,17H,3,7-10,13H2,1-2H3,(H,20,21,22). The van der Waals surface area contributed by atoms with E-state index in [-0.39, 0.29) is 0 Å². The van der Waals surface area contributed by atoms with Crippen LogP contribution >= 0.6 is 0 Å². The van der Waals surface area contributed by atoms with E-state index in [9.17, 15) is 0 Å². The summed E-state index contributed by atoms with van der Waals surface area (Å²) >= 11 is 0. The van der Waals surface area contributed by atoms with Crippen LogP contribution in [0.2, 0.25) is 0 Å². The third kappa shape index (κ3) is 4.68. The summed E-state index contributed by atoms with van der Waals surface area (Å²) in [6.07, 6.45) is 3.81. The molecule has 5 nitrogen and oxygen atoms in total. The van der Waals surface area contributed by atoms with E-state index in [0.717, 1.165) is 38.3 Å². The summed E-state index contributed by atoms with van der Waals surface area (Å²) in [5, 5.41) is 3.52. The Kier molecular flexibility index (Phi) is 5.64. The molecule has 5 heteroatoms. The van der Waals surface area contributed by atoms with Crippen LogP contribution in [0, 0.1) is 6.92 Å². The molecule has 0 atom stereocenters. The van der Waals surface area contributed by atoms with Crippen molar-refractivity contribution in [1.82, 2.24) is 14.9 Å². The van der Waals surface area contributed by atoms with Gasteiger partial charge in [0.1, 0.15) is 12.1 Å². The highest BCUT2D eigenvalue weighted by Gasteiger charge is 2.19. The molecule has 2 aromatic rings. The van der Waals surface area contributed by atoms with Crippen molar-refractivity contribution in [2.75, 3.05) is 25.0 Å². The van der Waals surface area contributed by atoms with Gasteiger partial charge in [0.25, 0.3) is 0 Å². The molecule has 1 aromatic carbocycles. The summed E-state index contributed by atoms with van der Waals surface area (Å²) in [6.45, 7) is 7.98. The predicted octanol–water partition coefficient (Wildman–Crippen LogP) is 3.26. The SMILES string of the molecule is CCOc1cc(NC2CCN(Cc3cccc(C)c3)CC2)ncn1. The maximum absolute atomic E-state index is 5.43. The van der Waals surface area contributed by atoms with Gasteiger partial charge < -0.3 is 10.1 Å². The third-order valence-corrected chi connectivity index (χ3v) is 4.36. The lowest BCUT2D eigenvalue weighted by atomic mass is 10.0. The summed E-state index contributed by atoms with van der Waals surface area (Å²) in [4.78, 5) is 10.9. The fourth-order valence-electron chi connectivity index (χ4n) is 3.16. The van der Waals surface area contributed by atoms with Gasteiger partial charge in [-0.05, 0) is 32.3 Å². The van der Waals surface area contributed by atoms with Crippen molar-refractivity contribution in [1.29, 1.82) is 0 Å². The van der Waals surface area contributed by atoms with Gasteiger partial charge in [0.2, 0.25) is 5.88 Å². The Balaban J connectivity index is 1.49. The zero-order chi connectivity index (χ0) is 16.8. The molecule has 24 heavy (non-hydrogen) atoms. The summed E-state index contributed by atoms with van der Waals surface area (Å²) in [6, 6.07) is 11.1. The van der Waals surface area contributed by atoms with Gasteiger partial charge in [-0.3, -0.25) is 4.90 Å². The highest BCUT2D eigenvalue weighted by atomic mass is 16.5. The van der Waals surface area contributed by atoms with Crippen molar-refractivity contribution in [2.45, 2.75) is 39.3 Å². The van der Waals surface area contributed by atoms with Crippen LogP contribution in [0.5, 0.6) is 5.88 Å². The molecule has 0 bridgehead atoms. The number of piperidine rings is 1. The number of aromatic nitrogens is 2. The lowest BCUT2D eigenvalue weighted by Crippen LogP contribution is -2.38. The molecule has 0 saturated carbocycles. The largest absolute Gasteiger partial charge is 0.478 e. The number of benzene rings is 1. The van der Waals surface area contributed by atoms with E-state index < -0.39 is 0 Å². The van der Waals surface area contributed by atoms with Gasteiger partial charge in [-0.15, -0.1) is 0 Å². The van der Waals surface area contributed by atoms with Crippen molar-refractivity contribution in [3.63, 3.8) is 0 Å². The molecule has 1 fully saturated rings. The number of hydrogen-bond acceptors (Lipinski definition) is 5. The highest BCUT2D eigenvalue weighted by molar-refractivity contribution is 5.38. The molecule has 1 aromatic heterocycles. The quantitative estimate of drug-likeness (QED) is 0.883. The van der Waals surface area contributed by atoms with Crippen LogP contribution in [0.4, 0.5) is 5.82 Å². The normalized spacial score (nSPS) is 16.1. The monoisotopic (exact) mass is 326 g/mol. The summed E-state index contributed by atoms with van der Waals surface area (Å²) in [5.41, 5.74) is 2.73. The fourth-order valence-corrected chi connectivity index (χ4v) is 3.16. The van der Waals surface area contributed by atoms with E-state index in [4.69, 9.17) is 4.74 Å². The van der Waals surface area contributed by atoms with Crippen LogP contribution in [0.1, 0.15) is 30.9 Å². The number of rotatable bonds is 6. The molecule has 2 heterocycles. The van der Waals surface area contributed by atoms with Crippen molar-refractivity contribution < 1.29 is 4.74 Å². The Morgan fingerprint density at radius 3 is 2.79 bits per heavy atom. The average molecular weight is 326 g/mol. The maximum atomic E-state index is 5.43. The Bertz CT molecular complexity index is 653. The van der Waals surface area contributed by atoms with Crippen molar-refractivity contribution in [3.05, 3.63) is 47.8 Å². The van der Waals surface area contributed by atoms with Crippen molar-refractivity contribution in [3.8, 4) is 5.88 Å². The lowest BCUT2D eigenvalue weighted by Gasteiger charge is -2.32. The second-order valence-electron chi connectivity index (χ2n) is 6.36. The molecule has 0 spiro atoms. The first kappa shape index (κ1) is 16.7. The van der Waals surface area contributed by atoms with Crippen LogP contribution in [0.3, 0.4) is 0 Å². The molecule has 3 rings (SSSR count). The van der Waals surface area contributed by atoms with E-state index in [0.29, 0.717) is 18.5 Å². The number of hydrogen-bond donors (Lipinski definition) is 1. The minimum Gasteiger partial charge on any atom is -0.478 e. The number of nitrogens with one attached hydrogen (secondary N) is 1. The van der Waals surface area contributed by atoms with Crippen LogP contribution in [0.15, 0.2) is 36.7 Å². The van der Waals surface area contributed by atoms with E-state index in [1.807, 2.05) is 13.0 Å². The Labute approximate surface area is 144 Å². The molecule has 0 aliphatic carbocycles. The second kappa shape index (κ2) is 8.11.